The Hall–Kier alpha value is -1.92. The molecule has 20 heavy (non-hydrogen) atoms. The minimum absolute atomic E-state index is 0.0350. The number of rotatable bonds is 5. The molecule has 0 spiro atoms. The molecule has 2 aromatic carbocycles. The van der Waals surface area contributed by atoms with Crippen LogP contribution in [0.15, 0.2) is 53.0 Å². The van der Waals surface area contributed by atoms with E-state index in [0.29, 0.717) is 4.47 Å². The number of halogens is 1. The summed E-state index contributed by atoms with van der Waals surface area (Å²) in [6, 6.07) is 13.6. The number of nitrogens with zero attached hydrogens (tertiary/aromatic N) is 1. The van der Waals surface area contributed by atoms with Gasteiger partial charge in [0, 0.05) is 23.0 Å². The zero-order valence-electron chi connectivity index (χ0n) is 10.4. The lowest BCUT2D eigenvalue weighted by Crippen LogP contribution is -2.19. The molecular formula is C14H12BrNO4. The smallest absolute Gasteiger partial charge is 0.311 e. The molecule has 104 valence electrons. The summed E-state index contributed by atoms with van der Waals surface area (Å²) in [6.45, 7) is 0. The summed E-state index contributed by atoms with van der Waals surface area (Å²) in [4.78, 5) is 10.4. The second-order valence-electron chi connectivity index (χ2n) is 4.13. The molecule has 0 aliphatic rings. The van der Waals surface area contributed by atoms with E-state index in [2.05, 4.69) is 15.9 Å². The van der Waals surface area contributed by atoms with Gasteiger partial charge >= 0.3 is 5.69 Å². The molecule has 2 rings (SSSR count). The molecular weight excluding hydrogens is 326 g/mol. The van der Waals surface area contributed by atoms with E-state index in [1.165, 1.54) is 12.1 Å². The highest BCUT2D eigenvalue weighted by Crippen LogP contribution is 2.31. The molecule has 0 aliphatic carbocycles. The van der Waals surface area contributed by atoms with Crippen LogP contribution in [0.2, 0.25) is 0 Å². The molecule has 1 unspecified atom stereocenters. The topological polar surface area (TPSA) is 72.6 Å². The van der Waals surface area contributed by atoms with Crippen LogP contribution >= 0.6 is 15.9 Å². The third kappa shape index (κ3) is 3.79. The van der Waals surface area contributed by atoms with Gasteiger partial charge in [0.2, 0.25) is 12.0 Å². The van der Waals surface area contributed by atoms with Crippen molar-refractivity contribution in [2.75, 3.05) is 0 Å². The highest BCUT2D eigenvalue weighted by molar-refractivity contribution is 9.10. The van der Waals surface area contributed by atoms with E-state index < -0.39 is 11.2 Å². The van der Waals surface area contributed by atoms with Gasteiger partial charge in [0.05, 0.1) is 4.92 Å². The first kappa shape index (κ1) is 14.5. The van der Waals surface area contributed by atoms with Crippen LogP contribution in [-0.2, 0) is 6.42 Å². The van der Waals surface area contributed by atoms with E-state index in [1.54, 1.807) is 6.07 Å². The van der Waals surface area contributed by atoms with Crippen molar-refractivity contribution in [3.05, 3.63) is 68.7 Å². The van der Waals surface area contributed by atoms with Crippen LogP contribution in [0.25, 0.3) is 0 Å². The van der Waals surface area contributed by atoms with Crippen molar-refractivity contribution >= 4 is 21.6 Å². The number of hydrogen-bond donors (Lipinski definition) is 1. The van der Waals surface area contributed by atoms with Crippen LogP contribution in [0.1, 0.15) is 5.56 Å². The molecule has 1 N–H and O–H groups in total. The minimum atomic E-state index is -1.15. The van der Waals surface area contributed by atoms with Gasteiger partial charge in [-0.15, -0.1) is 0 Å². The van der Waals surface area contributed by atoms with Crippen molar-refractivity contribution in [1.82, 2.24) is 0 Å². The third-order valence-electron chi connectivity index (χ3n) is 2.63. The molecule has 0 saturated carbocycles. The van der Waals surface area contributed by atoms with Gasteiger partial charge in [-0.05, 0) is 11.6 Å². The van der Waals surface area contributed by atoms with Gasteiger partial charge in [-0.2, -0.15) is 0 Å². The Labute approximate surface area is 124 Å². The lowest BCUT2D eigenvalue weighted by atomic mass is 10.1. The number of ether oxygens (including phenoxy) is 1. The van der Waals surface area contributed by atoms with Gasteiger partial charge in [0.15, 0.2) is 0 Å². The summed E-state index contributed by atoms with van der Waals surface area (Å²) in [5.41, 5.74) is 0.706. The Morgan fingerprint density at radius 1 is 1.25 bits per heavy atom. The van der Waals surface area contributed by atoms with Crippen LogP contribution in [0, 0.1) is 10.1 Å². The summed E-state index contributed by atoms with van der Waals surface area (Å²) in [5, 5.41) is 20.8. The number of aliphatic hydroxyl groups is 1. The van der Waals surface area contributed by atoms with E-state index in [-0.39, 0.29) is 17.9 Å². The molecule has 6 heteroatoms. The van der Waals surface area contributed by atoms with E-state index in [0.717, 1.165) is 5.56 Å². The van der Waals surface area contributed by atoms with E-state index in [4.69, 9.17) is 4.74 Å². The van der Waals surface area contributed by atoms with Crippen LogP contribution in [0.3, 0.4) is 0 Å². The predicted octanol–water partition coefficient (Wildman–Crippen LogP) is 3.30. The fraction of sp³-hybridized carbons (Fsp3) is 0.143. The molecule has 0 heterocycles. The average Bonchev–Trinajstić information content (AvgIpc) is 2.39. The largest absolute Gasteiger partial charge is 0.458 e. The van der Waals surface area contributed by atoms with Gasteiger partial charge in [-0.1, -0.05) is 46.3 Å². The Morgan fingerprint density at radius 2 is 1.95 bits per heavy atom. The maximum atomic E-state index is 10.9. The van der Waals surface area contributed by atoms with Gasteiger partial charge in [0.25, 0.3) is 0 Å². The lowest BCUT2D eigenvalue weighted by molar-refractivity contribution is -0.386. The molecule has 2 aromatic rings. The summed E-state index contributed by atoms with van der Waals surface area (Å²) in [7, 11) is 0. The highest BCUT2D eigenvalue weighted by Gasteiger charge is 2.18. The molecule has 0 amide bonds. The molecule has 0 saturated heterocycles. The van der Waals surface area contributed by atoms with E-state index in [1.807, 2.05) is 30.3 Å². The first-order valence-corrected chi connectivity index (χ1v) is 6.68. The standard InChI is InChI=1S/C14H12BrNO4/c15-11-6-7-12(16(18)19)13(9-11)20-14(17)8-10-4-2-1-3-5-10/h1-7,9,14,17H,8H2. The zero-order chi connectivity index (χ0) is 14.5. The molecule has 5 nitrogen and oxygen atoms in total. The van der Waals surface area contributed by atoms with Crippen LogP contribution in [-0.4, -0.2) is 16.3 Å². The summed E-state index contributed by atoms with van der Waals surface area (Å²) < 4.78 is 5.92. The van der Waals surface area contributed by atoms with Crippen LogP contribution in [0.4, 0.5) is 5.69 Å². The number of nitro groups is 1. The predicted molar refractivity (Wildman–Crippen MR) is 77.6 cm³/mol. The van der Waals surface area contributed by atoms with E-state index in [9.17, 15) is 15.2 Å². The maximum Gasteiger partial charge on any atom is 0.311 e. The Morgan fingerprint density at radius 3 is 2.60 bits per heavy atom. The number of nitro benzene ring substituents is 1. The maximum absolute atomic E-state index is 10.9. The van der Waals surface area contributed by atoms with Gasteiger partial charge in [0.1, 0.15) is 0 Å². The van der Waals surface area contributed by atoms with E-state index >= 15 is 0 Å². The van der Waals surface area contributed by atoms with Gasteiger partial charge in [-0.3, -0.25) is 10.1 Å². The van der Waals surface area contributed by atoms with Gasteiger partial charge < -0.3 is 9.84 Å². The highest BCUT2D eigenvalue weighted by atomic mass is 79.9. The fourth-order valence-electron chi connectivity index (χ4n) is 1.74. The van der Waals surface area contributed by atoms with Crippen molar-refractivity contribution in [3.8, 4) is 5.75 Å². The zero-order valence-corrected chi connectivity index (χ0v) is 12.0. The molecule has 0 radical (unpaired) electrons. The fourth-order valence-corrected chi connectivity index (χ4v) is 2.08. The first-order valence-electron chi connectivity index (χ1n) is 5.89. The quantitative estimate of drug-likeness (QED) is 0.516. The minimum Gasteiger partial charge on any atom is -0.458 e. The average molecular weight is 338 g/mol. The molecule has 1 atom stereocenters. The summed E-state index contributed by atoms with van der Waals surface area (Å²) in [6.07, 6.45) is -0.893. The number of aliphatic hydroxyl groups excluding tert-OH is 1. The van der Waals surface area contributed by atoms with Crippen molar-refractivity contribution in [1.29, 1.82) is 0 Å². The SMILES string of the molecule is O=[N+]([O-])c1ccc(Br)cc1OC(O)Cc1ccccc1. The molecule has 0 aliphatic heterocycles. The normalized spacial score (nSPS) is 11.9. The van der Waals surface area contributed by atoms with Crippen molar-refractivity contribution in [2.24, 2.45) is 0 Å². The summed E-state index contributed by atoms with van der Waals surface area (Å²) >= 11 is 3.22. The van der Waals surface area contributed by atoms with Gasteiger partial charge in [-0.25, -0.2) is 0 Å². The number of benzene rings is 2. The monoisotopic (exact) mass is 337 g/mol. The Balaban J connectivity index is 2.13. The third-order valence-corrected chi connectivity index (χ3v) is 3.13. The molecule has 0 fully saturated rings. The lowest BCUT2D eigenvalue weighted by Gasteiger charge is -2.13. The summed E-state index contributed by atoms with van der Waals surface area (Å²) in [5.74, 6) is 0.0350. The van der Waals surface area contributed by atoms with Crippen molar-refractivity contribution in [2.45, 2.75) is 12.7 Å². The number of hydrogen-bond acceptors (Lipinski definition) is 4. The van der Waals surface area contributed by atoms with Crippen LogP contribution < -0.4 is 4.74 Å². The molecule has 0 aromatic heterocycles. The second kappa shape index (κ2) is 6.49. The van der Waals surface area contributed by atoms with Crippen molar-refractivity contribution < 1.29 is 14.8 Å². The molecule has 0 bridgehead atoms. The van der Waals surface area contributed by atoms with Crippen molar-refractivity contribution in [3.63, 3.8) is 0 Å². The van der Waals surface area contributed by atoms with Crippen LogP contribution in [0.5, 0.6) is 5.75 Å². The second-order valence-corrected chi connectivity index (χ2v) is 5.05. The Kier molecular flexibility index (Phi) is 4.70. The first-order chi connectivity index (χ1) is 9.56. The Bertz CT molecular complexity index is 603.